The van der Waals surface area contributed by atoms with Gasteiger partial charge in [-0.15, -0.1) is 0 Å². The second-order valence-corrected chi connectivity index (χ2v) is 5.14. The number of aliphatic hydroxyl groups excluding tert-OH is 1. The Morgan fingerprint density at radius 1 is 0.952 bits per heavy atom. The normalized spacial score (nSPS) is 12.3. The van der Waals surface area contributed by atoms with Crippen LogP contribution in [0.3, 0.4) is 0 Å². The van der Waals surface area contributed by atoms with E-state index >= 15 is 0 Å². The molecule has 0 aliphatic carbocycles. The third-order valence-electron chi connectivity index (χ3n) is 3.64. The molecule has 0 aliphatic rings. The Bertz CT molecular complexity index is 727. The van der Waals surface area contributed by atoms with Crippen molar-refractivity contribution in [3.8, 4) is 11.1 Å². The van der Waals surface area contributed by atoms with Crippen molar-refractivity contribution in [2.75, 3.05) is 0 Å². The van der Waals surface area contributed by atoms with E-state index in [-0.39, 0.29) is 0 Å². The van der Waals surface area contributed by atoms with Gasteiger partial charge in [0, 0.05) is 5.56 Å². The molecule has 3 rings (SSSR count). The maximum absolute atomic E-state index is 10.5. The smallest absolute Gasteiger partial charge is 0.141 e. The summed E-state index contributed by atoms with van der Waals surface area (Å²) < 4.78 is 5.22. The largest absolute Gasteiger partial charge is 0.384 e. The van der Waals surface area contributed by atoms with Gasteiger partial charge in [0.05, 0.1) is 5.69 Å². The van der Waals surface area contributed by atoms with Crippen LogP contribution in [-0.2, 0) is 0 Å². The second-order valence-electron chi connectivity index (χ2n) is 5.14. The molecule has 1 atom stereocenters. The Kier molecular flexibility index (Phi) is 3.59. The zero-order valence-corrected chi connectivity index (χ0v) is 12.1. The number of aliphatic hydroxyl groups is 1. The fourth-order valence-corrected chi connectivity index (χ4v) is 2.59. The SMILES string of the molecule is Cc1noc(C)c1-c1cccc(C(O)c2ccccc2)c1. The number of aromatic nitrogens is 1. The Balaban J connectivity index is 2.01. The van der Waals surface area contributed by atoms with Gasteiger partial charge >= 0.3 is 0 Å². The van der Waals surface area contributed by atoms with Crippen molar-refractivity contribution in [3.05, 3.63) is 77.2 Å². The van der Waals surface area contributed by atoms with Crippen LogP contribution in [0.1, 0.15) is 28.7 Å². The van der Waals surface area contributed by atoms with E-state index in [0.717, 1.165) is 33.7 Å². The van der Waals surface area contributed by atoms with E-state index in [1.807, 2.05) is 68.4 Å². The highest BCUT2D eigenvalue weighted by Gasteiger charge is 2.14. The van der Waals surface area contributed by atoms with Crippen molar-refractivity contribution in [1.29, 1.82) is 0 Å². The van der Waals surface area contributed by atoms with Crippen LogP contribution in [0.25, 0.3) is 11.1 Å². The first-order valence-electron chi connectivity index (χ1n) is 6.93. The van der Waals surface area contributed by atoms with E-state index < -0.39 is 6.10 Å². The average Bonchev–Trinajstić information content (AvgIpc) is 2.86. The third-order valence-corrected chi connectivity index (χ3v) is 3.64. The predicted octanol–water partition coefficient (Wildman–Crippen LogP) is 4.04. The van der Waals surface area contributed by atoms with Crippen LogP contribution in [0.2, 0.25) is 0 Å². The molecule has 1 unspecified atom stereocenters. The minimum absolute atomic E-state index is 0.633. The minimum atomic E-state index is -0.633. The summed E-state index contributed by atoms with van der Waals surface area (Å²) >= 11 is 0. The lowest BCUT2D eigenvalue weighted by Crippen LogP contribution is -1.99. The summed E-state index contributed by atoms with van der Waals surface area (Å²) in [5.74, 6) is 0.791. The van der Waals surface area contributed by atoms with Gasteiger partial charge in [-0.05, 0) is 36.6 Å². The van der Waals surface area contributed by atoms with Gasteiger partial charge in [0.1, 0.15) is 11.9 Å². The third kappa shape index (κ3) is 2.60. The topological polar surface area (TPSA) is 46.3 Å². The summed E-state index contributed by atoms with van der Waals surface area (Å²) in [7, 11) is 0. The molecule has 0 spiro atoms. The van der Waals surface area contributed by atoms with Gasteiger partial charge < -0.3 is 9.63 Å². The van der Waals surface area contributed by atoms with Crippen LogP contribution in [0.4, 0.5) is 0 Å². The highest BCUT2D eigenvalue weighted by molar-refractivity contribution is 5.68. The predicted molar refractivity (Wildman–Crippen MR) is 81.9 cm³/mol. The molecule has 0 fully saturated rings. The summed E-state index contributed by atoms with van der Waals surface area (Å²) in [5, 5.41) is 14.5. The Hall–Kier alpha value is -2.39. The molecular formula is C18H17NO2. The monoisotopic (exact) mass is 279 g/mol. The zero-order valence-electron chi connectivity index (χ0n) is 12.1. The molecule has 106 valence electrons. The number of aryl methyl sites for hydroxylation is 2. The first-order chi connectivity index (χ1) is 10.2. The molecule has 0 saturated carbocycles. The van der Waals surface area contributed by atoms with Gasteiger partial charge in [-0.1, -0.05) is 53.7 Å². The number of benzene rings is 2. The molecule has 3 nitrogen and oxygen atoms in total. The van der Waals surface area contributed by atoms with E-state index in [4.69, 9.17) is 4.52 Å². The van der Waals surface area contributed by atoms with Gasteiger partial charge in [0.25, 0.3) is 0 Å². The van der Waals surface area contributed by atoms with E-state index in [1.165, 1.54) is 0 Å². The fraction of sp³-hybridized carbons (Fsp3) is 0.167. The van der Waals surface area contributed by atoms with Gasteiger partial charge in [0.15, 0.2) is 0 Å². The number of nitrogens with zero attached hydrogens (tertiary/aromatic N) is 1. The standard InChI is InChI=1S/C18H17NO2/c1-12-17(13(2)21-19-12)15-9-6-10-16(11-15)18(20)14-7-4-3-5-8-14/h3-11,18,20H,1-2H3. The molecule has 1 heterocycles. The Morgan fingerprint density at radius 2 is 1.67 bits per heavy atom. The number of hydrogen-bond acceptors (Lipinski definition) is 3. The molecular weight excluding hydrogens is 262 g/mol. The summed E-state index contributed by atoms with van der Waals surface area (Å²) in [6.45, 7) is 3.82. The molecule has 0 aliphatic heterocycles. The molecule has 21 heavy (non-hydrogen) atoms. The molecule has 0 saturated heterocycles. The quantitative estimate of drug-likeness (QED) is 0.787. The van der Waals surface area contributed by atoms with Crippen molar-refractivity contribution in [2.24, 2.45) is 0 Å². The molecule has 3 aromatic rings. The summed E-state index contributed by atoms with van der Waals surface area (Å²) in [4.78, 5) is 0. The molecule has 0 bridgehead atoms. The Labute approximate surface area is 123 Å². The van der Waals surface area contributed by atoms with Gasteiger partial charge in [-0.25, -0.2) is 0 Å². The summed E-state index contributed by atoms with van der Waals surface area (Å²) in [6.07, 6.45) is -0.633. The second kappa shape index (κ2) is 5.54. The summed E-state index contributed by atoms with van der Waals surface area (Å²) in [5.41, 5.74) is 4.61. The molecule has 0 radical (unpaired) electrons. The zero-order chi connectivity index (χ0) is 14.8. The Morgan fingerprint density at radius 3 is 2.33 bits per heavy atom. The van der Waals surface area contributed by atoms with Crippen molar-refractivity contribution < 1.29 is 9.63 Å². The summed E-state index contributed by atoms with van der Waals surface area (Å²) in [6, 6.07) is 17.5. The van der Waals surface area contributed by atoms with Gasteiger partial charge in [-0.2, -0.15) is 0 Å². The van der Waals surface area contributed by atoms with E-state index in [9.17, 15) is 5.11 Å². The lowest BCUT2D eigenvalue weighted by Gasteiger charge is -2.12. The average molecular weight is 279 g/mol. The van der Waals surface area contributed by atoms with Crippen LogP contribution in [0, 0.1) is 13.8 Å². The van der Waals surface area contributed by atoms with Crippen LogP contribution >= 0.6 is 0 Å². The number of rotatable bonds is 3. The van der Waals surface area contributed by atoms with Crippen LogP contribution in [0.5, 0.6) is 0 Å². The van der Waals surface area contributed by atoms with Crippen molar-refractivity contribution >= 4 is 0 Å². The van der Waals surface area contributed by atoms with Crippen LogP contribution in [-0.4, -0.2) is 10.3 Å². The van der Waals surface area contributed by atoms with E-state index in [1.54, 1.807) is 0 Å². The first kappa shape index (κ1) is 13.6. The maximum Gasteiger partial charge on any atom is 0.141 e. The van der Waals surface area contributed by atoms with Crippen LogP contribution < -0.4 is 0 Å². The fourth-order valence-electron chi connectivity index (χ4n) is 2.59. The maximum atomic E-state index is 10.5. The first-order valence-corrected chi connectivity index (χ1v) is 6.93. The lowest BCUT2D eigenvalue weighted by atomic mass is 9.96. The molecule has 0 amide bonds. The van der Waals surface area contributed by atoms with E-state index in [2.05, 4.69) is 5.16 Å². The minimum Gasteiger partial charge on any atom is -0.384 e. The van der Waals surface area contributed by atoms with Crippen LogP contribution in [0.15, 0.2) is 59.1 Å². The highest BCUT2D eigenvalue weighted by atomic mass is 16.5. The van der Waals surface area contributed by atoms with Gasteiger partial charge in [0.2, 0.25) is 0 Å². The molecule has 1 N–H and O–H groups in total. The molecule has 1 aromatic heterocycles. The van der Waals surface area contributed by atoms with Crippen molar-refractivity contribution in [2.45, 2.75) is 20.0 Å². The van der Waals surface area contributed by atoms with E-state index in [0.29, 0.717) is 0 Å². The van der Waals surface area contributed by atoms with Crippen molar-refractivity contribution in [3.63, 3.8) is 0 Å². The number of hydrogen-bond donors (Lipinski definition) is 1. The highest BCUT2D eigenvalue weighted by Crippen LogP contribution is 2.30. The van der Waals surface area contributed by atoms with Crippen molar-refractivity contribution in [1.82, 2.24) is 5.16 Å². The molecule has 3 heteroatoms. The lowest BCUT2D eigenvalue weighted by molar-refractivity contribution is 0.220. The molecule has 2 aromatic carbocycles. The van der Waals surface area contributed by atoms with Gasteiger partial charge in [-0.3, -0.25) is 0 Å².